The third-order valence-electron chi connectivity index (χ3n) is 8.23. The normalized spacial score (nSPS) is 19.9. The van der Waals surface area contributed by atoms with E-state index in [-0.39, 0.29) is 46.5 Å². The van der Waals surface area contributed by atoms with E-state index in [1.807, 2.05) is 36.9 Å². The van der Waals surface area contributed by atoms with Crippen LogP contribution in [0.3, 0.4) is 0 Å². The third-order valence-corrected chi connectivity index (χ3v) is 10.5. The maximum atomic E-state index is 14.2. The summed E-state index contributed by atoms with van der Waals surface area (Å²) in [4.78, 5) is 49.0. The van der Waals surface area contributed by atoms with Gasteiger partial charge in [-0.05, 0) is 81.2 Å². The zero-order valence-electron chi connectivity index (χ0n) is 23.2. The van der Waals surface area contributed by atoms with Gasteiger partial charge in [0.05, 0.1) is 28.4 Å². The average molecular weight is 631 g/mol. The van der Waals surface area contributed by atoms with Gasteiger partial charge < -0.3 is 9.88 Å². The summed E-state index contributed by atoms with van der Waals surface area (Å²) in [6, 6.07) is 6.35. The van der Waals surface area contributed by atoms with Crippen LogP contribution >= 0.6 is 35.1 Å². The molecular weight excluding hydrogens is 599 g/mol. The van der Waals surface area contributed by atoms with E-state index in [1.165, 1.54) is 22.4 Å². The van der Waals surface area contributed by atoms with Crippen molar-refractivity contribution >= 4 is 63.1 Å². The Morgan fingerprint density at radius 2 is 1.83 bits per heavy atom. The van der Waals surface area contributed by atoms with Crippen molar-refractivity contribution < 1.29 is 9.18 Å². The van der Waals surface area contributed by atoms with Crippen LogP contribution in [-0.4, -0.2) is 52.9 Å². The zero-order valence-corrected chi connectivity index (χ0v) is 25.6. The van der Waals surface area contributed by atoms with Crippen molar-refractivity contribution in [3.05, 3.63) is 62.1 Å². The molecule has 1 amide bonds. The predicted molar refractivity (Wildman–Crippen MR) is 166 cm³/mol. The smallest absolute Gasteiger partial charge is 0.333 e. The summed E-state index contributed by atoms with van der Waals surface area (Å²) in [5.41, 5.74) is 1.18. The van der Waals surface area contributed by atoms with Crippen LogP contribution in [0.5, 0.6) is 0 Å². The van der Waals surface area contributed by atoms with Crippen LogP contribution in [-0.2, 0) is 11.3 Å². The molecule has 4 heterocycles. The van der Waals surface area contributed by atoms with E-state index in [0.29, 0.717) is 30.7 Å². The fourth-order valence-corrected chi connectivity index (χ4v) is 8.31. The molecule has 2 fully saturated rings. The number of carbonyl (C=O) groups is 1. The van der Waals surface area contributed by atoms with Gasteiger partial charge in [-0.25, -0.2) is 19.2 Å². The highest BCUT2D eigenvalue weighted by atomic mass is 35.5. The quantitative estimate of drug-likeness (QED) is 0.281. The molecule has 1 aromatic carbocycles. The standard InChI is InChI=1S/C29H32ClFN6O3S2/c1-2-35-24-8-3-17(30)13-23(24)34-28(35)42-16-25(38)33-19-4-6-20(7-5-19)37-27(39)22-14-18(31)15-32-26(22)36(29(37)40)21-9-11-41-12-10-21/h3,8,13-15,19-21H,2,4-7,9-12,16H2,1H3,(H,33,38)/t19-,20+. The predicted octanol–water partition coefficient (Wildman–Crippen LogP) is 5.18. The number of amides is 1. The fourth-order valence-electron chi connectivity index (χ4n) is 6.17. The largest absolute Gasteiger partial charge is 0.353 e. The van der Waals surface area contributed by atoms with Gasteiger partial charge in [0.15, 0.2) is 5.16 Å². The summed E-state index contributed by atoms with van der Waals surface area (Å²) in [5.74, 6) is 1.39. The van der Waals surface area contributed by atoms with E-state index in [0.717, 1.165) is 53.3 Å². The number of benzene rings is 1. The van der Waals surface area contributed by atoms with E-state index in [1.54, 1.807) is 4.57 Å². The number of rotatable bonds is 7. The molecule has 1 saturated heterocycles. The van der Waals surface area contributed by atoms with Gasteiger partial charge in [-0.2, -0.15) is 11.8 Å². The van der Waals surface area contributed by atoms with Gasteiger partial charge in [0.25, 0.3) is 5.56 Å². The zero-order chi connectivity index (χ0) is 29.4. The van der Waals surface area contributed by atoms with Gasteiger partial charge in [-0.3, -0.25) is 18.7 Å². The molecule has 2 aliphatic rings. The van der Waals surface area contributed by atoms with E-state index in [4.69, 9.17) is 11.6 Å². The van der Waals surface area contributed by atoms with Crippen LogP contribution in [0.4, 0.5) is 4.39 Å². The lowest BCUT2D eigenvalue weighted by molar-refractivity contribution is -0.119. The molecule has 1 aliphatic carbocycles. The number of aryl methyl sites for hydroxylation is 1. The number of aromatic nitrogens is 5. The van der Waals surface area contributed by atoms with Gasteiger partial charge >= 0.3 is 5.69 Å². The van der Waals surface area contributed by atoms with Gasteiger partial charge in [-0.15, -0.1) is 0 Å². The van der Waals surface area contributed by atoms with Crippen molar-refractivity contribution in [2.75, 3.05) is 17.3 Å². The minimum absolute atomic E-state index is 0.0500. The summed E-state index contributed by atoms with van der Waals surface area (Å²) in [7, 11) is 0. The average Bonchev–Trinajstić information content (AvgIpc) is 3.34. The molecule has 4 aromatic rings. The topological polar surface area (TPSA) is 104 Å². The van der Waals surface area contributed by atoms with E-state index in [9.17, 15) is 18.8 Å². The number of imidazole rings is 1. The molecule has 222 valence electrons. The fraction of sp³-hybridized carbons (Fsp3) is 0.483. The SMILES string of the molecule is CCn1c(SCC(=O)N[C@H]2CC[C@@H](n3c(=O)c4cc(F)cnc4n(C4CCSCC4)c3=O)CC2)nc2cc(Cl)ccc21. The summed E-state index contributed by atoms with van der Waals surface area (Å²) < 4.78 is 19.2. The molecule has 0 spiro atoms. The molecule has 13 heteroatoms. The van der Waals surface area contributed by atoms with Crippen LogP contribution in [0.2, 0.25) is 5.02 Å². The third kappa shape index (κ3) is 5.72. The first-order valence-electron chi connectivity index (χ1n) is 14.3. The van der Waals surface area contributed by atoms with Gasteiger partial charge in [0, 0.05) is 29.7 Å². The lowest BCUT2D eigenvalue weighted by Gasteiger charge is -2.31. The summed E-state index contributed by atoms with van der Waals surface area (Å²) in [5, 5.41) is 4.65. The highest BCUT2D eigenvalue weighted by molar-refractivity contribution is 7.99. The molecule has 0 unspecified atom stereocenters. The summed E-state index contributed by atoms with van der Waals surface area (Å²) in [6.45, 7) is 2.76. The number of carbonyl (C=O) groups excluding carboxylic acids is 1. The highest BCUT2D eigenvalue weighted by Gasteiger charge is 2.30. The molecule has 3 aromatic heterocycles. The summed E-state index contributed by atoms with van der Waals surface area (Å²) in [6.07, 6.45) is 5.07. The van der Waals surface area contributed by atoms with E-state index >= 15 is 0 Å². The molecule has 1 N–H and O–H groups in total. The van der Waals surface area contributed by atoms with Crippen molar-refractivity contribution in [2.24, 2.45) is 0 Å². The molecule has 1 saturated carbocycles. The lowest BCUT2D eigenvalue weighted by atomic mass is 9.91. The maximum absolute atomic E-state index is 14.2. The van der Waals surface area contributed by atoms with Gasteiger partial charge in [0.1, 0.15) is 11.5 Å². The van der Waals surface area contributed by atoms with E-state index in [2.05, 4.69) is 19.9 Å². The summed E-state index contributed by atoms with van der Waals surface area (Å²) >= 11 is 9.36. The molecule has 9 nitrogen and oxygen atoms in total. The van der Waals surface area contributed by atoms with Crippen molar-refractivity contribution in [3.8, 4) is 0 Å². The molecule has 0 radical (unpaired) electrons. The first kappa shape index (κ1) is 29.3. The number of halogens is 2. The Balaban J connectivity index is 1.15. The number of nitrogens with one attached hydrogen (secondary N) is 1. The van der Waals surface area contributed by atoms with Gasteiger partial charge in [-0.1, -0.05) is 23.4 Å². The first-order valence-corrected chi connectivity index (χ1v) is 16.8. The van der Waals surface area contributed by atoms with Crippen molar-refractivity contribution in [1.29, 1.82) is 0 Å². The number of thioether (sulfide) groups is 2. The highest BCUT2D eigenvalue weighted by Crippen LogP contribution is 2.31. The minimum atomic E-state index is -0.599. The van der Waals surface area contributed by atoms with Gasteiger partial charge in [0.2, 0.25) is 5.91 Å². The first-order chi connectivity index (χ1) is 20.3. The van der Waals surface area contributed by atoms with Crippen LogP contribution in [0.25, 0.3) is 22.1 Å². The second-order valence-corrected chi connectivity index (χ2v) is 13.4. The Bertz CT molecular complexity index is 1760. The number of fused-ring (bicyclic) bond motifs is 2. The number of hydrogen-bond donors (Lipinski definition) is 1. The van der Waals surface area contributed by atoms with Crippen molar-refractivity contribution in [2.45, 2.75) is 75.3 Å². The Morgan fingerprint density at radius 3 is 2.57 bits per heavy atom. The second-order valence-electron chi connectivity index (χ2n) is 10.8. The number of hydrogen-bond acceptors (Lipinski definition) is 7. The second kappa shape index (κ2) is 12.4. The Hall–Kier alpha value is -2.83. The monoisotopic (exact) mass is 630 g/mol. The minimum Gasteiger partial charge on any atom is -0.353 e. The number of pyridine rings is 1. The molecule has 0 atom stereocenters. The number of nitrogens with zero attached hydrogens (tertiary/aromatic N) is 5. The van der Waals surface area contributed by atoms with Crippen LogP contribution in [0.1, 0.15) is 57.5 Å². The van der Waals surface area contributed by atoms with Crippen LogP contribution < -0.4 is 16.6 Å². The van der Waals surface area contributed by atoms with Crippen molar-refractivity contribution in [1.82, 2.24) is 29.0 Å². The Kier molecular flexibility index (Phi) is 8.65. The molecular formula is C29H32ClFN6O3S2. The molecule has 0 bridgehead atoms. The van der Waals surface area contributed by atoms with Crippen LogP contribution in [0, 0.1) is 5.82 Å². The Morgan fingerprint density at radius 1 is 1.10 bits per heavy atom. The molecule has 6 rings (SSSR count). The van der Waals surface area contributed by atoms with Crippen LogP contribution in [0.15, 0.2) is 45.2 Å². The van der Waals surface area contributed by atoms with E-state index < -0.39 is 11.4 Å². The Labute approximate surface area is 255 Å². The van der Waals surface area contributed by atoms with Crippen molar-refractivity contribution in [3.63, 3.8) is 0 Å². The lowest BCUT2D eigenvalue weighted by Crippen LogP contribution is -2.46. The molecule has 42 heavy (non-hydrogen) atoms. The molecule has 1 aliphatic heterocycles. The maximum Gasteiger partial charge on any atom is 0.333 e.